The zero-order chi connectivity index (χ0) is 9.68. The molecule has 4 heteroatoms. The first-order valence-corrected chi connectivity index (χ1v) is 5.58. The van der Waals surface area contributed by atoms with Gasteiger partial charge in [-0.05, 0) is 24.3 Å². The maximum absolute atomic E-state index is 10.9. The number of thioether (sulfide) groups is 1. The first kappa shape index (κ1) is 10.9. The molecule has 0 aromatic heterocycles. The standard InChI is InChI=1S/C9H8Cl2OS/c10-5-8(12)6-13-9-3-1-7(11)2-4-9/h1-4H,5-6H2. The lowest BCUT2D eigenvalue weighted by Crippen LogP contribution is -2.01. The number of benzene rings is 1. The molecule has 0 bridgehead atoms. The lowest BCUT2D eigenvalue weighted by Gasteiger charge is -1.98. The summed E-state index contributed by atoms with van der Waals surface area (Å²) in [5.41, 5.74) is 0. The van der Waals surface area contributed by atoms with Crippen LogP contribution in [0.1, 0.15) is 0 Å². The fraction of sp³-hybridized carbons (Fsp3) is 0.222. The molecule has 0 fully saturated rings. The molecule has 0 aliphatic heterocycles. The van der Waals surface area contributed by atoms with Crippen molar-refractivity contribution in [3.8, 4) is 0 Å². The van der Waals surface area contributed by atoms with Crippen LogP contribution in [0.4, 0.5) is 0 Å². The minimum absolute atomic E-state index is 0.0432. The molecule has 1 rings (SSSR count). The van der Waals surface area contributed by atoms with Gasteiger partial charge in [0.1, 0.15) is 0 Å². The minimum Gasteiger partial charge on any atom is -0.297 e. The Morgan fingerprint density at radius 1 is 1.31 bits per heavy atom. The number of Topliss-reactive ketones (excluding diaryl/α,β-unsaturated/α-hetero) is 1. The summed E-state index contributed by atoms with van der Waals surface area (Å²) in [5, 5.41) is 0.702. The van der Waals surface area contributed by atoms with Crippen molar-refractivity contribution in [2.45, 2.75) is 4.90 Å². The molecular weight excluding hydrogens is 227 g/mol. The van der Waals surface area contributed by atoms with E-state index in [2.05, 4.69) is 0 Å². The molecule has 0 heterocycles. The number of alkyl halides is 1. The topological polar surface area (TPSA) is 17.1 Å². The van der Waals surface area contributed by atoms with Crippen LogP contribution in [-0.4, -0.2) is 17.4 Å². The fourth-order valence-electron chi connectivity index (χ4n) is 0.733. The number of hydrogen-bond donors (Lipinski definition) is 0. The van der Waals surface area contributed by atoms with Crippen molar-refractivity contribution in [1.82, 2.24) is 0 Å². The SMILES string of the molecule is O=C(CCl)CSc1ccc(Cl)cc1. The van der Waals surface area contributed by atoms with Crippen molar-refractivity contribution in [3.05, 3.63) is 29.3 Å². The zero-order valence-electron chi connectivity index (χ0n) is 6.80. The van der Waals surface area contributed by atoms with Crippen LogP contribution >= 0.6 is 35.0 Å². The molecule has 13 heavy (non-hydrogen) atoms. The van der Waals surface area contributed by atoms with Crippen LogP contribution in [0.25, 0.3) is 0 Å². The maximum Gasteiger partial charge on any atom is 0.157 e. The Morgan fingerprint density at radius 3 is 2.46 bits per heavy atom. The smallest absolute Gasteiger partial charge is 0.157 e. The summed E-state index contributed by atoms with van der Waals surface area (Å²) in [5.74, 6) is 0.549. The summed E-state index contributed by atoms with van der Waals surface area (Å²) in [6.07, 6.45) is 0. The molecule has 0 aliphatic carbocycles. The van der Waals surface area contributed by atoms with Gasteiger partial charge in [-0.15, -0.1) is 23.4 Å². The Morgan fingerprint density at radius 2 is 1.92 bits per heavy atom. The molecular formula is C9H8Cl2OS. The molecule has 1 nitrogen and oxygen atoms in total. The Labute approximate surface area is 91.4 Å². The van der Waals surface area contributed by atoms with Gasteiger partial charge in [-0.3, -0.25) is 4.79 Å². The monoisotopic (exact) mass is 234 g/mol. The molecule has 0 amide bonds. The van der Waals surface area contributed by atoms with Crippen LogP contribution in [0.5, 0.6) is 0 Å². The van der Waals surface area contributed by atoms with Crippen LogP contribution in [0.3, 0.4) is 0 Å². The van der Waals surface area contributed by atoms with Crippen molar-refractivity contribution in [2.75, 3.05) is 11.6 Å². The van der Waals surface area contributed by atoms with Crippen LogP contribution in [0.2, 0.25) is 5.02 Å². The molecule has 1 aromatic rings. The largest absolute Gasteiger partial charge is 0.297 e. The molecule has 0 unspecified atom stereocenters. The van der Waals surface area contributed by atoms with Crippen molar-refractivity contribution in [1.29, 1.82) is 0 Å². The second-order valence-electron chi connectivity index (χ2n) is 2.41. The number of hydrogen-bond acceptors (Lipinski definition) is 2. The van der Waals surface area contributed by atoms with Gasteiger partial charge in [0.25, 0.3) is 0 Å². The van der Waals surface area contributed by atoms with Crippen molar-refractivity contribution in [2.24, 2.45) is 0 Å². The fourth-order valence-corrected chi connectivity index (χ4v) is 1.82. The van der Waals surface area contributed by atoms with Gasteiger partial charge >= 0.3 is 0 Å². The van der Waals surface area contributed by atoms with Gasteiger partial charge in [-0.25, -0.2) is 0 Å². The molecule has 0 radical (unpaired) electrons. The Balaban J connectivity index is 2.46. The van der Waals surface area contributed by atoms with Crippen molar-refractivity contribution in [3.63, 3.8) is 0 Å². The van der Waals surface area contributed by atoms with E-state index >= 15 is 0 Å². The van der Waals surface area contributed by atoms with Gasteiger partial charge in [-0.1, -0.05) is 11.6 Å². The molecule has 0 saturated carbocycles. The van der Waals surface area contributed by atoms with Crippen molar-refractivity contribution >= 4 is 40.7 Å². The molecule has 0 atom stereocenters. The van der Waals surface area contributed by atoms with Gasteiger partial charge in [0, 0.05) is 9.92 Å². The zero-order valence-corrected chi connectivity index (χ0v) is 9.12. The van der Waals surface area contributed by atoms with Crippen LogP contribution in [0.15, 0.2) is 29.2 Å². The maximum atomic E-state index is 10.9. The molecule has 0 aliphatic rings. The quantitative estimate of drug-likeness (QED) is 0.588. The summed E-state index contributed by atoms with van der Waals surface area (Å²) in [6, 6.07) is 7.37. The molecule has 0 N–H and O–H groups in total. The first-order valence-electron chi connectivity index (χ1n) is 3.68. The van der Waals surface area contributed by atoms with Crippen LogP contribution in [-0.2, 0) is 4.79 Å². The van der Waals surface area contributed by atoms with E-state index in [9.17, 15) is 4.79 Å². The summed E-state index contributed by atoms with van der Waals surface area (Å²) >= 11 is 12.5. The minimum atomic E-state index is 0.0432. The second-order valence-corrected chi connectivity index (χ2v) is 4.17. The molecule has 70 valence electrons. The third kappa shape index (κ3) is 4.03. The van der Waals surface area contributed by atoms with Gasteiger partial charge in [0.2, 0.25) is 0 Å². The third-order valence-electron chi connectivity index (χ3n) is 1.36. The number of rotatable bonds is 4. The summed E-state index contributed by atoms with van der Waals surface area (Å²) < 4.78 is 0. The highest BCUT2D eigenvalue weighted by atomic mass is 35.5. The van der Waals surface area contributed by atoms with E-state index in [0.29, 0.717) is 10.8 Å². The van der Waals surface area contributed by atoms with Gasteiger partial charge in [0.05, 0.1) is 11.6 Å². The van der Waals surface area contributed by atoms with E-state index in [-0.39, 0.29) is 11.7 Å². The lowest BCUT2D eigenvalue weighted by atomic mass is 10.4. The summed E-state index contributed by atoms with van der Waals surface area (Å²) in [7, 11) is 0. The Kier molecular flexibility index (Phi) is 4.64. The highest BCUT2D eigenvalue weighted by Gasteiger charge is 2.00. The predicted octanol–water partition coefficient (Wildman–Crippen LogP) is 3.24. The van der Waals surface area contributed by atoms with Crippen LogP contribution < -0.4 is 0 Å². The van der Waals surface area contributed by atoms with E-state index in [1.165, 1.54) is 11.8 Å². The van der Waals surface area contributed by atoms with Gasteiger partial charge < -0.3 is 0 Å². The van der Waals surface area contributed by atoms with E-state index < -0.39 is 0 Å². The number of carbonyl (C=O) groups excluding carboxylic acids is 1. The average Bonchev–Trinajstić information content (AvgIpc) is 2.16. The van der Waals surface area contributed by atoms with E-state index in [1.54, 1.807) is 12.1 Å². The summed E-state index contributed by atoms with van der Waals surface area (Å²) in [4.78, 5) is 11.9. The number of ketones is 1. The predicted molar refractivity (Wildman–Crippen MR) is 57.9 cm³/mol. The summed E-state index contributed by atoms with van der Waals surface area (Å²) in [6.45, 7) is 0. The lowest BCUT2D eigenvalue weighted by molar-refractivity contribution is -0.114. The number of carbonyl (C=O) groups is 1. The van der Waals surface area contributed by atoms with Crippen LogP contribution in [0, 0.1) is 0 Å². The first-order chi connectivity index (χ1) is 6.22. The van der Waals surface area contributed by atoms with Crippen molar-refractivity contribution < 1.29 is 4.79 Å². The highest BCUT2D eigenvalue weighted by Crippen LogP contribution is 2.20. The van der Waals surface area contributed by atoms with E-state index in [1.807, 2.05) is 12.1 Å². The second kappa shape index (κ2) is 5.53. The average molecular weight is 235 g/mol. The van der Waals surface area contributed by atoms with Gasteiger partial charge in [-0.2, -0.15) is 0 Å². The Hall–Kier alpha value is -0.180. The van der Waals surface area contributed by atoms with E-state index in [4.69, 9.17) is 23.2 Å². The third-order valence-corrected chi connectivity index (χ3v) is 2.98. The Bertz CT molecular complexity index is 284. The normalized spacial score (nSPS) is 10.0. The molecule has 0 saturated heterocycles. The number of halogens is 2. The highest BCUT2D eigenvalue weighted by molar-refractivity contribution is 8.00. The van der Waals surface area contributed by atoms with E-state index in [0.717, 1.165) is 4.90 Å². The molecule has 0 spiro atoms. The van der Waals surface area contributed by atoms with Gasteiger partial charge in [0.15, 0.2) is 5.78 Å². The molecule has 1 aromatic carbocycles.